The van der Waals surface area contributed by atoms with E-state index in [0.29, 0.717) is 32.4 Å². The van der Waals surface area contributed by atoms with Crippen LogP contribution in [-0.2, 0) is 14.3 Å². The third kappa shape index (κ3) is 1.48. The number of ether oxygens (including phenoxy) is 1. The Balaban J connectivity index is 1.97. The van der Waals surface area contributed by atoms with Gasteiger partial charge in [-0.25, -0.2) is 0 Å². The van der Waals surface area contributed by atoms with Gasteiger partial charge in [0.05, 0.1) is 19.3 Å². The molecule has 0 aromatic rings. The molecule has 1 unspecified atom stereocenters. The highest BCUT2D eigenvalue weighted by atomic mass is 16.6. The van der Waals surface area contributed by atoms with Crippen LogP contribution in [0.5, 0.6) is 0 Å². The predicted octanol–water partition coefficient (Wildman–Crippen LogP) is -0.0757. The number of epoxide rings is 1. The number of hydrogen-bond acceptors (Lipinski definition) is 3. The molecule has 2 saturated heterocycles. The molecule has 4 heteroatoms. The molecule has 2 rings (SSSR count). The molecule has 2 aliphatic rings. The third-order valence-electron chi connectivity index (χ3n) is 2.17. The highest BCUT2D eigenvalue weighted by Crippen LogP contribution is 2.17. The van der Waals surface area contributed by atoms with Crippen LogP contribution < -0.4 is 0 Å². The van der Waals surface area contributed by atoms with Crippen molar-refractivity contribution < 1.29 is 14.3 Å². The van der Waals surface area contributed by atoms with E-state index in [9.17, 15) is 9.59 Å². The Hall–Kier alpha value is -0.900. The lowest BCUT2D eigenvalue weighted by Gasteiger charge is -2.23. The number of likely N-dealkylation sites (tertiary alicyclic amines) is 1. The summed E-state index contributed by atoms with van der Waals surface area (Å²) in [7, 11) is 0. The minimum absolute atomic E-state index is 0.0400. The van der Waals surface area contributed by atoms with Gasteiger partial charge in [-0.2, -0.15) is 0 Å². The maximum absolute atomic E-state index is 11.2. The smallest absolute Gasteiger partial charge is 0.229 e. The first-order chi connectivity index (χ1) is 5.77. The van der Waals surface area contributed by atoms with E-state index in [1.54, 1.807) is 0 Å². The number of carbonyl (C=O) groups is 2. The van der Waals surface area contributed by atoms with E-state index in [4.69, 9.17) is 4.74 Å². The average Bonchev–Trinajstić information content (AvgIpc) is 2.80. The molecular formula is C8H11NO3. The zero-order valence-electron chi connectivity index (χ0n) is 6.78. The lowest BCUT2D eigenvalue weighted by atomic mass is 10.1. The van der Waals surface area contributed by atoms with Gasteiger partial charge in [0.2, 0.25) is 11.8 Å². The summed E-state index contributed by atoms with van der Waals surface area (Å²) in [5.41, 5.74) is 0. The molecule has 0 aliphatic carbocycles. The fraction of sp³-hybridized carbons (Fsp3) is 0.750. The summed E-state index contributed by atoms with van der Waals surface area (Å²) in [4.78, 5) is 23.8. The molecule has 2 fully saturated rings. The molecule has 2 heterocycles. The second kappa shape index (κ2) is 2.86. The standard InChI is InChI=1S/C8H11NO3/c10-7-2-1-3-8(11)9(7)4-6-5-12-6/h6H,1-5H2. The average molecular weight is 169 g/mol. The minimum Gasteiger partial charge on any atom is -0.371 e. The number of piperidine rings is 1. The van der Waals surface area contributed by atoms with Gasteiger partial charge in [-0.05, 0) is 6.42 Å². The quantitative estimate of drug-likeness (QED) is 0.429. The molecule has 1 atom stereocenters. The van der Waals surface area contributed by atoms with Crippen molar-refractivity contribution in [2.45, 2.75) is 25.4 Å². The van der Waals surface area contributed by atoms with Crippen molar-refractivity contribution >= 4 is 11.8 Å². The van der Waals surface area contributed by atoms with E-state index < -0.39 is 0 Å². The number of rotatable bonds is 2. The van der Waals surface area contributed by atoms with Gasteiger partial charge < -0.3 is 4.74 Å². The molecule has 12 heavy (non-hydrogen) atoms. The van der Waals surface area contributed by atoms with E-state index in [-0.39, 0.29) is 17.9 Å². The topological polar surface area (TPSA) is 49.9 Å². The van der Waals surface area contributed by atoms with Crippen LogP contribution in [0.4, 0.5) is 0 Å². The lowest BCUT2D eigenvalue weighted by molar-refractivity contribution is -0.148. The maximum Gasteiger partial charge on any atom is 0.229 e. The fourth-order valence-electron chi connectivity index (χ4n) is 1.38. The molecule has 0 N–H and O–H groups in total. The summed E-state index contributed by atoms with van der Waals surface area (Å²) >= 11 is 0. The Morgan fingerprint density at radius 3 is 2.42 bits per heavy atom. The van der Waals surface area contributed by atoms with Gasteiger partial charge in [-0.15, -0.1) is 0 Å². The summed E-state index contributed by atoms with van der Waals surface area (Å²) in [6.07, 6.45) is 1.85. The second-order valence-corrected chi connectivity index (χ2v) is 3.21. The van der Waals surface area contributed by atoms with Crippen LogP contribution in [0, 0.1) is 0 Å². The molecule has 0 spiro atoms. The van der Waals surface area contributed by atoms with Gasteiger partial charge in [-0.3, -0.25) is 14.5 Å². The Kier molecular flexibility index (Phi) is 1.84. The zero-order valence-corrected chi connectivity index (χ0v) is 6.78. The summed E-state index contributed by atoms with van der Waals surface area (Å²) in [5.74, 6) is -0.0801. The second-order valence-electron chi connectivity index (χ2n) is 3.21. The third-order valence-corrected chi connectivity index (χ3v) is 2.17. The van der Waals surface area contributed by atoms with Crippen LogP contribution in [0.1, 0.15) is 19.3 Å². The molecule has 0 saturated carbocycles. The molecule has 0 aromatic carbocycles. The highest BCUT2D eigenvalue weighted by molar-refractivity contribution is 5.97. The van der Waals surface area contributed by atoms with Gasteiger partial charge in [0.25, 0.3) is 0 Å². The van der Waals surface area contributed by atoms with Crippen molar-refractivity contribution in [2.24, 2.45) is 0 Å². The number of imide groups is 1. The largest absolute Gasteiger partial charge is 0.371 e. The van der Waals surface area contributed by atoms with Crippen LogP contribution in [0.15, 0.2) is 0 Å². The first kappa shape index (κ1) is 7.73. The molecule has 0 aromatic heterocycles. The van der Waals surface area contributed by atoms with Crippen molar-refractivity contribution in [2.75, 3.05) is 13.2 Å². The van der Waals surface area contributed by atoms with Crippen LogP contribution in [-0.4, -0.2) is 36.0 Å². The van der Waals surface area contributed by atoms with Crippen LogP contribution in [0.3, 0.4) is 0 Å². The Morgan fingerprint density at radius 2 is 1.92 bits per heavy atom. The van der Waals surface area contributed by atoms with Gasteiger partial charge in [0, 0.05) is 12.8 Å². The molecule has 0 bridgehead atoms. The summed E-state index contributed by atoms with van der Waals surface area (Å²) in [6.45, 7) is 1.16. The van der Waals surface area contributed by atoms with E-state index in [1.165, 1.54) is 4.90 Å². The van der Waals surface area contributed by atoms with Gasteiger partial charge >= 0.3 is 0 Å². The molecule has 0 radical (unpaired) electrons. The van der Waals surface area contributed by atoms with Gasteiger partial charge in [-0.1, -0.05) is 0 Å². The summed E-state index contributed by atoms with van der Waals surface area (Å²) < 4.78 is 4.96. The molecule has 2 aliphatic heterocycles. The van der Waals surface area contributed by atoms with Crippen LogP contribution in [0.25, 0.3) is 0 Å². The number of amides is 2. The zero-order chi connectivity index (χ0) is 8.55. The Morgan fingerprint density at radius 1 is 1.33 bits per heavy atom. The number of nitrogens with zero attached hydrogens (tertiary/aromatic N) is 1. The maximum atomic E-state index is 11.2. The summed E-state index contributed by atoms with van der Waals surface area (Å²) in [6, 6.07) is 0. The van der Waals surface area contributed by atoms with Crippen LogP contribution in [0.2, 0.25) is 0 Å². The van der Waals surface area contributed by atoms with E-state index >= 15 is 0 Å². The Bertz CT molecular complexity index is 206. The van der Waals surface area contributed by atoms with E-state index in [0.717, 1.165) is 0 Å². The minimum atomic E-state index is -0.0400. The van der Waals surface area contributed by atoms with Crippen molar-refractivity contribution in [3.63, 3.8) is 0 Å². The van der Waals surface area contributed by atoms with E-state index in [2.05, 4.69) is 0 Å². The SMILES string of the molecule is O=C1CCCC(=O)N1CC1CO1. The van der Waals surface area contributed by atoms with Crippen molar-refractivity contribution in [1.82, 2.24) is 4.90 Å². The van der Waals surface area contributed by atoms with Crippen molar-refractivity contribution in [3.05, 3.63) is 0 Å². The molecule has 4 nitrogen and oxygen atoms in total. The van der Waals surface area contributed by atoms with E-state index in [1.807, 2.05) is 0 Å². The highest BCUT2D eigenvalue weighted by Gasteiger charge is 2.32. The lowest BCUT2D eigenvalue weighted by Crippen LogP contribution is -2.42. The molecule has 2 amide bonds. The van der Waals surface area contributed by atoms with Gasteiger partial charge in [0.15, 0.2) is 0 Å². The molecule has 66 valence electrons. The summed E-state index contributed by atoms with van der Waals surface area (Å²) in [5, 5.41) is 0. The number of carbonyl (C=O) groups excluding carboxylic acids is 2. The predicted molar refractivity (Wildman–Crippen MR) is 40.3 cm³/mol. The first-order valence-electron chi connectivity index (χ1n) is 4.22. The van der Waals surface area contributed by atoms with Crippen molar-refractivity contribution in [3.8, 4) is 0 Å². The normalized spacial score (nSPS) is 29.3. The number of hydrogen-bond donors (Lipinski definition) is 0. The first-order valence-corrected chi connectivity index (χ1v) is 4.22. The van der Waals surface area contributed by atoms with Crippen LogP contribution >= 0.6 is 0 Å². The van der Waals surface area contributed by atoms with Gasteiger partial charge in [0.1, 0.15) is 0 Å². The molecular weight excluding hydrogens is 158 g/mol. The Labute approximate surface area is 70.5 Å². The van der Waals surface area contributed by atoms with Crippen molar-refractivity contribution in [1.29, 1.82) is 0 Å². The fourth-order valence-corrected chi connectivity index (χ4v) is 1.38. The monoisotopic (exact) mass is 169 g/mol.